The van der Waals surface area contributed by atoms with Crippen molar-refractivity contribution in [2.45, 2.75) is 6.42 Å². The van der Waals surface area contributed by atoms with Crippen LogP contribution in [0.25, 0.3) is 5.65 Å². The Morgan fingerprint density at radius 1 is 1.56 bits per heavy atom. The minimum atomic E-state index is -0.294. The molecule has 1 unspecified atom stereocenters. The molecule has 1 saturated heterocycles. The van der Waals surface area contributed by atoms with Gasteiger partial charge in [-0.2, -0.15) is 9.61 Å². The van der Waals surface area contributed by atoms with Crippen molar-refractivity contribution in [3.05, 3.63) is 22.6 Å². The Morgan fingerprint density at radius 3 is 3.28 bits per heavy atom. The molecule has 0 aromatic carbocycles. The second-order valence-corrected chi connectivity index (χ2v) is 4.65. The molecule has 18 heavy (non-hydrogen) atoms. The number of aromatic nitrogens is 4. The molecule has 3 heterocycles. The minimum Gasteiger partial charge on any atom is -0.355 e. The van der Waals surface area contributed by atoms with Gasteiger partial charge < -0.3 is 10.2 Å². The number of anilines is 1. The highest BCUT2D eigenvalue weighted by molar-refractivity contribution is 5.45. The van der Waals surface area contributed by atoms with Gasteiger partial charge >= 0.3 is 5.69 Å². The maximum absolute atomic E-state index is 11.5. The van der Waals surface area contributed by atoms with Crippen molar-refractivity contribution in [2.24, 2.45) is 5.92 Å². The molecule has 1 atom stereocenters. The highest BCUT2D eigenvalue weighted by atomic mass is 16.2. The summed E-state index contributed by atoms with van der Waals surface area (Å²) in [5.74, 6) is 1.48. The average molecular weight is 248 g/mol. The molecule has 7 nitrogen and oxygen atoms in total. The zero-order valence-corrected chi connectivity index (χ0v) is 10.3. The van der Waals surface area contributed by atoms with Crippen molar-refractivity contribution in [1.29, 1.82) is 0 Å². The summed E-state index contributed by atoms with van der Waals surface area (Å²) in [4.78, 5) is 13.7. The van der Waals surface area contributed by atoms with Gasteiger partial charge in [-0.3, -0.25) is 0 Å². The Labute approximate surface area is 104 Å². The van der Waals surface area contributed by atoms with E-state index in [1.165, 1.54) is 4.52 Å². The fourth-order valence-electron chi connectivity index (χ4n) is 2.46. The number of nitrogens with zero attached hydrogens (tertiary/aromatic N) is 4. The number of H-pyrrole nitrogens is 1. The van der Waals surface area contributed by atoms with E-state index in [-0.39, 0.29) is 5.69 Å². The first-order valence-electron chi connectivity index (χ1n) is 6.12. The molecule has 1 aliphatic heterocycles. The largest absolute Gasteiger partial charge is 0.364 e. The first-order valence-corrected chi connectivity index (χ1v) is 6.12. The third-order valence-electron chi connectivity index (χ3n) is 3.36. The van der Waals surface area contributed by atoms with E-state index in [0.29, 0.717) is 11.6 Å². The fourth-order valence-corrected chi connectivity index (χ4v) is 2.46. The summed E-state index contributed by atoms with van der Waals surface area (Å²) in [5.41, 5.74) is 0.257. The van der Waals surface area contributed by atoms with Gasteiger partial charge in [0.05, 0.1) is 0 Å². The highest BCUT2D eigenvalue weighted by Crippen LogP contribution is 2.21. The van der Waals surface area contributed by atoms with Crippen LogP contribution in [0.15, 0.2) is 16.9 Å². The zero-order valence-electron chi connectivity index (χ0n) is 10.3. The van der Waals surface area contributed by atoms with E-state index in [2.05, 4.69) is 25.5 Å². The van der Waals surface area contributed by atoms with Crippen LogP contribution in [0, 0.1) is 5.92 Å². The van der Waals surface area contributed by atoms with Gasteiger partial charge in [0, 0.05) is 13.1 Å². The predicted octanol–water partition coefficient (Wildman–Crippen LogP) is -0.537. The second-order valence-electron chi connectivity index (χ2n) is 4.65. The summed E-state index contributed by atoms with van der Waals surface area (Å²) in [6.45, 7) is 2.98. The standard InChI is InChI=1S/C11H16N6O/c1-12-6-8-4-5-16(7-8)10-3-2-9-13-14-11(18)17(9)15-10/h2-3,8,12H,4-7H2,1H3,(H,14,18). The number of fused-ring (bicyclic) bond motifs is 1. The number of rotatable bonds is 3. The molecule has 2 N–H and O–H groups in total. The van der Waals surface area contributed by atoms with Gasteiger partial charge in [0.1, 0.15) is 5.82 Å². The Bertz CT molecular complexity index is 603. The van der Waals surface area contributed by atoms with E-state index >= 15 is 0 Å². The van der Waals surface area contributed by atoms with Gasteiger partial charge in [-0.1, -0.05) is 0 Å². The molecule has 1 aliphatic rings. The first-order chi connectivity index (χ1) is 8.78. The van der Waals surface area contributed by atoms with Gasteiger partial charge in [0.2, 0.25) is 0 Å². The lowest BCUT2D eigenvalue weighted by atomic mass is 10.1. The van der Waals surface area contributed by atoms with E-state index in [1.807, 2.05) is 19.2 Å². The second kappa shape index (κ2) is 4.41. The van der Waals surface area contributed by atoms with E-state index in [1.54, 1.807) is 0 Å². The zero-order chi connectivity index (χ0) is 12.5. The van der Waals surface area contributed by atoms with E-state index in [0.717, 1.165) is 31.9 Å². The number of hydrogen-bond acceptors (Lipinski definition) is 5. The lowest BCUT2D eigenvalue weighted by Crippen LogP contribution is -2.26. The summed E-state index contributed by atoms with van der Waals surface area (Å²) >= 11 is 0. The van der Waals surface area contributed by atoms with Crippen LogP contribution in [0.3, 0.4) is 0 Å². The Morgan fingerprint density at radius 2 is 2.44 bits per heavy atom. The van der Waals surface area contributed by atoms with E-state index < -0.39 is 0 Å². The Kier molecular flexibility index (Phi) is 2.75. The van der Waals surface area contributed by atoms with Crippen LogP contribution in [-0.4, -0.2) is 46.5 Å². The summed E-state index contributed by atoms with van der Waals surface area (Å²) in [7, 11) is 1.97. The van der Waals surface area contributed by atoms with Crippen LogP contribution in [0.2, 0.25) is 0 Å². The smallest absolute Gasteiger partial charge is 0.355 e. The highest BCUT2D eigenvalue weighted by Gasteiger charge is 2.23. The van der Waals surface area contributed by atoms with Gasteiger partial charge in [0.25, 0.3) is 0 Å². The van der Waals surface area contributed by atoms with E-state index in [4.69, 9.17) is 0 Å². The molecule has 0 aliphatic carbocycles. The molecule has 0 amide bonds. The average Bonchev–Trinajstić information content (AvgIpc) is 2.98. The third-order valence-corrected chi connectivity index (χ3v) is 3.36. The van der Waals surface area contributed by atoms with Crippen molar-refractivity contribution in [2.75, 3.05) is 31.6 Å². The van der Waals surface area contributed by atoms with Crippen molar-refractivity contribution >= 4 is 11.5 Å². The Hall–Kier alpha value is -1.89. The molecule has 3 rings (SSSR count). The van der Waals surface area contributed by atoms with Crippen LogP contribution >= 0.6 is 0 Å². The SMILES string of the molecule is CNCC1CCN(c2ccc3n[nH]c(=O)n3n2)C1. The molecule has 7 heteroatoms. The van der Waals surface area contributed by atoms with Gasteiger partial charge in [0.15, 0.2) is 5.65 Å². The molecular formula is C11H16N6O. The molecule has 2 aromatic rings. The minimum absolute atomic E-state index is 0.294. The predicted molar refractivity (Wildman–Crippen MR) is 67.9 cm³/mol. The molecule has 0 spiro atoms. The molecule has 0 radical (unpaired) electrons. The van der Waals surface area contributed by atoms with Crippen LogP contribution in [-0.2, 0) is 0 Å². The van der Waals surface area contributed by atoms with Crippen molar-refractivity contribution < 1.29 is 0 Å². The fraction of sp³-hybridized carbons (Fsp3) is 0.545. The summed E-state index contributed by atoms with van der Waals surface area (Å²) in [6.07, 6.45) is 1.15. The van der Waals surface area contributed by atoms with Crippen LogP contribution in [0.4, 0.5) is 5.82 Å². The monoisotopic (exact) mass is 248 g/mol. The number of aromatic amines is 1. The molecule has 1 fully saturated rings. The van der Waals surface area contributed by atoms with E-state index in [9.17, 15) is 4.79 Å². The topological polar surface area (TPSA) is 78.3 Å². The molecular weight excluding hydrogens is 232 g/mol. The third kappa shape index (κ3) is 1.86. The number of nitrogens with one attached hydrogen (secondary N) is 2. The summed E-state index contributed by atoms with van der Waals surface area (Å²) in [6, 6.07) is 3.73. The van der Waals surface area contributed by atoms with Crippen LogP contribution in [0.5, 0.6) is 0 Å². The molecule has 0 saturated carbocycles. The Balaban J connectivity index is 1.86. The van der Waals surface area contributed by atoms with Crippen LogP contribution < -0.4 is 15.9 Å². The van der Waals surface area contributed by atoms with Gasteiger partial charge in [-0.25, -0.2) is 9.89 Å². The van der Waals surface area contributed by atoms with Crippen molar-refractivity contribution in [3.8, 4) is 0 Å². The molecule has 0 bridgehead atoms. The number of hydrogen-bond donors (Lipinski definition) is 2. The lowest BCUT2D eigenvalue weighted by molar-refractivity contribution is 0.548. The normalized spacial score (nSPS) is 19.8. The maximum atomic E-state index is 11.5. The lowest BCUT2D eigenvalue weighted by Gasteiger charge is -2.16. The van der Waals surface area contributed by atoms with Crippen LogP contribution in [0.1, 0.15) is 6.42 Å². The quantitative estimate of drug-likeness (QED) is 0.763. The van der Waals surface area contributed by atoms with Gasteiger partial charge in [-0.05, 0) is 38.1 Å². The summed E-state index contributed by atoms with van der Waals surface area (Å²) < 4.78 is 1.31. The molecule has 96 valence electrons. The molecule has 2 aromatic heterocycles. The maximum Gasteiger partial charge on any atom is 0.364 e. The summed E-state index contributed by atoms with van der Waals surface area (Å²) in [5, 5.41) is 13.8. The van der Waals surface area contributed by atoms with Crippen molar-refractivity contribution in [3.63, 3.8) is 0 Å². The van der Waals surface area contributed by atoms with Gasteiger partial charge in [-0.15, -0.1) is 5.10 Å². The van der Waals surface area contributed by atoms with Crippen molar-refractivity contribution in [1.82, 2.24) is 25.1 Å². The first kappa shape index (κ1) is 11.2.